The SMILES string of the molecule is CCOC(=O)C[C@@H](C)Cc1nc2ccccc2[nH]1. The number of para-hydroxylation sites is 2. The summed E-state index contributed by atoms with van der Waals surface area (Å²) in [4.78, 5) is 19.1. The van der Waals surface area contributed by atoms with Gasteiger partial charge in [-0.15, -0.1) is 0 Å². The number of hydrogen-bond donors (Lipinski definition) is 1. The van der Waals surface area contributed by atoms with Crippen LogP contribution in [0, 0.1) is 5.92 Å². The van der Waals surface area contributed by atoms with Gasteiger partial charge in [-0.1, -0.05) is 19.1 Å². The van der Waals surface area contributed by atoms with Crippen molar-refractivity contribution in [2.24, 2.45) is 5.92 Å². The fourth-order valence-electron chi connectivity index (χ4n) is 2.01. The van der Waals surface area contributed by atoms with Crippen LogP contribution in [0.15, 0.2) is 24.3 Å². The first kappa shape index (κ1) is 12.6. The molecule has 0 saturated carbocycles. The van der Waals surface area contributed by atoms with Crippen molar-refractivity contribution < 1.29 is 9.53 Å². The van der Waals surface area contributed by atoms with E-state index in [4.69, 9.17) is 4.74 Å². The van der Waals surface area contributed by atoms with Crippen LogP contribution in [-0.2, 0) is 16.0 Å². The largest absolute Gasteiger partial charge is 0.466 e. The van der Waals surface area contributed by atoms with Crippen molar-refractivity contribution in [3.05, 3.63) is 30.1 Å². The molecule has 96 valence electrons. The van der Waals surface area contributed by atoms with Crippen LogP contribution in [0.3, 0.4) is 0 Å². The Morgan fingerprint density at radius 1 is 1.44 bits per heavy atom. The third kappa shape index (κ3) is 3.09. The molecule has 2 rings (SSSR count). The fourth-order valence-corrected chi connectivity index (χ4v) is 2.01. The Bertz CT molecular complexity index is 500. The van der Waals surface area contributed by atoms with E-state index in [1.165, 1.54) is 0 Å². The highest BCUT2D eigenvalue weighted by Crippen LogP contribution is 2.15. The summed E-state index contributed by atoms with van der Waals surface area (Å²) in [5.41, 5.74) is 2.01. The summed E-state index contributed by atoms with van der Waals surface area (Å²) >= 11 is 0. The number of aromatic nitrogens is 2. The second-order valence-corrected chi connectivity index (χ2v) is 4.52. The average molecular weight is 246 g/mol. The molecule has 0 aliphatic carbocycles. The van der Waals surface area contributed by atoms with E-state index in [0.29, 0.717) is 13.0 Å². The Morgan fingerprint density at radius 3 is 2.94 bits per heavy atom. The van der Waals surface area contributed by atoms with Crippen LogP contribution in [0.25, 0.3) is 11.0 Å². The van der Waals surface area contributed by atoms with Crippen LogP contribution in [0.1, 0.15) is 26.1 Å². The lowest BCUT2D eigenvalue weighted by Crippen LogP contribution is -2.11. The summed E-state index contributed by atoms with van der Waals surface area (Å²) in [6.45, 7) is 4.29. The van der Waals surface area contributed by atoms with Gasteiger partial charge in [0.05, 0.1) is 17.6 Å². The van der Waals surface area contributed by atoms with E-state index >= 15 is 0 Å². The summed E-state index contributed by atoms with van der Waals surface area (Å²) in [7, 11) is 0. The zero-order valence-electron chi connectivity index (χ0n) is 10.8. The first-order chi connectivity index (χ1) is 8.69. The van der Waals surface area contributed by atoms with E-state index in [2.05, 4.69) is 9.97 Å². The molecular weight excluding hydrogens is 228 g/mol. The van der Waals surface area contributed by atoms with E-state index in [0.717, 1.165) is 23.3 Å². The number of benzene rings is 1. The minimum atomic E-state index is -0.138. The summed E-state index contributed by atoms with van der Waals surface area (Å²) in [5, 5.41) is 0. The zero-order valence-corrected chi connectivity index (χ0v) is 10.8. The molecule has 1 aromatic heterocycles. The van der Waals surface area contributed by atoms with Gasteiger partial charge in [-0.25, -0.2) is 4.98 Å². The van der Waals surface area contributed by atoms with Gasteiger partial charge in [0.2, 0.25) is 0 Å². The van der Waals surface area contributed by atoms with E-state index in [-0.39, 0.29) is 11.9 Å². The van der Waals surface area contributed by atoms with E-state index in [1.807, 2.05) is 38.1 Å². The lowest BCUT2D eigenvalue weighted by molar-refractivity contribution is -0.144. The minimum Gasteiger partial charge on any atom is -0.466 e. The first-order valence-corrected chi connectivity index (χ1v) is 6.28. The summed E-state index contributed by atoms with van der Waals surface area (Å²) in [6.07, 6.45) is 1.19. The molecule has 0 amide bonds. The second-order valence-electron chi connectivity index (χ2n) is 4.52. The Balaban J connectivity index is 1.98. The molecule has 0 radical (unpaired) electrons. The predicted molar refractivity (Wildman–Crippen MR) is 70.2 cm³/mol. The molecule has 18 heavy (non-hydrogen) atoms. The van der Waals surface area contributed by atoms with Gasteiger partial charge in [0.1, 0.15) is 5.82 Å². The highest BCUT2D eigenvalue weighted by Gasteiger charge is 2.12. The van der Waals surface area contributed by atoms with E-state index in [1.54, 1.807) is 0 Å². The topological polar surface area (TPSA) is 55.0 Å². The van der Waals surface area contributed by atoms with Gasteiger partial charge in [0.25, 0.3) is 0 Å². The number of nitrogens with one attached hydrogen (secondary N) is 1. The Hall–Kier alpha value is -1.84. The molecule has 0 bridgehead atoms. The number of esters is 1. The highest BCUT2D eigenvalue weighted by atomic mass is 16.5. The van der Waals surface area contributed by atoms with Gasteiger partial charge in [-0.3, -0.25) is 4.79 Å². The zero-order chi connectivity index (χ0) is 13.0. The van der Waals surface area contributed by atoms with E-state index < -0.39 is 0 Å². The van der Waals surface area contributed by atoms with E-state index in [9.17, 15) is 4.79 Å². The van der Waals surface area contributed by atoms with Gasteiger partial charge in [0.15, 0.2) is 0 Å². The van der Waals surface area contributed by atoms with Crippen LogP contribution < -0.4 is 0 Å². The third-order valence-corrected chi connectivity index (χ3v) is 2.80. The maximum Gasteiger partial charge on any atom is 0.306 e. The summed E-state index contributed by atoms with van der Waals surface area (Å²) < 4.78 is 4.94. The predicted octanol–water partition coefficient (Wildman–Crippen LogP) is 2.69. The molecule has 0 saturated heterocycles. The number of nitrogens with zero attached hydrogens (tertiary/aromatic N) is 1. The fraction of sp³-hybridized carbons (Fsp3) is 0.429. The van der Waals surface area contributed by atoms with Crippen LogP contribution in [-0.4, -0.2) is 22.5 Å². The molecular formula is C14H18N2O2. The van der Waals surface area contributed by atoms with Crippen molar-refractivity contribution in [3.63, 3.8) is 0 Å². The molecule has 0 aliphatic rings. The Morgan fingerprint density at radius 2 is 2.22 bits per heavy atom. The molecule has 4 heteroatoms. The molecule has 2 aromatic rings. The molecule has 4 nitrogen and oxygen atoms in total. The number of hydrogen-bond acceptors (Lipinski definition) is 3. The van der Waals surface area contributed by atoms with Crippen LogP contribution in [0.5, 0.6) is 0 Å². The van der Waals surface area contributed by atoms with Gasteiger partial charge in [-0.2, -0.15) is 0 Å². The lowest BCUT2D eigenvalue weighted by Gasteiger charge is -2.08. The number of fused-ring (bicyclic) bond motifs is 1. The summed E-state index contributed by atoms with van der Waals surface area (Å²) in [5.74, 6) is 1.01. The summed E-state index contributed by atoms with van der Waals surface area (Å²) in [6, 6.07) is 7.93. The van der Waals surface area contributed by atoms with Crippen molar-refractivity contribution in [2.45, 2.75) is 26.7 Å². The Kier molecular flexibility index (Phi) is 3.97. The third-order valence-electron chi connectivity index (χ3n) is 2.80. The molecule has 1 heterocycles. The van der Waals surface area contributed by atoms with Gasteiger partial charge in [-0.05, 0) is 25.0 Å². The van der Waals surface area contributed by atoms with Crippen molar-refractivity contribution >= 4 is 17.0 Å². The number of carbonyl (C=O) groups is 1. The molecule has 1 aromatic carbocycles. The van der Waals surface area contributed by atoms with Crippen molar-refractivity contribution in [1.82, 2.24) is 9.97 Å². The quantitative estimate of drug-likeness (QED) is 0.825. The average Bonchev–Trinajstić information content (AvgIpc) is 2.70. The normalized spacial score (nSPS) is 12.6. The van der Waals surface area contributed by atoms with Crippen LogP contribution in [0.2, 0.25) is 0 Å². The maximum absolute atomic E-state index is 11.4. The smallest absolute Gasteiger partial charge is 0.306 e. The highest BCUT2D eigenvalue weighted by molar-refractivity contribution is 5.74. The first-order valence-electron chi connectivity index (χ1n) is 6.28. The standard InChI is InChI=1S/C14H18N2O2/c1-3-18-14(17)9-10(2)8-13-15-11-6-4-5-7-12(11)16-13/h4-7,10H,3,8-9H2,1-2H3,(H,15,16)/t10-/m0/s1. The molecule has 0 fully saturated rings. The Labute approximate surface area is 106 Å². The number of H-pyrrole nitrogens is 1. The van der Waals surface area contributed by atoms with Crippen LogP contribution in [0.4, 0.5) is 0 Å². The molecule has 0 unspecified atom stereocenters. The molecule has 0 spiro atoms. The second kappa shape index (κ2) is 5.67. The maximum atomic E-state index is 11.4. The molecule has 0 aliphatic heterocycles. The number of imidazole rings is 1. The lowest BCUT2D eigenvalue weighted by atomic mass is 10.0. The molecule has 1 atom stereocenters. The van der Waals surface area contributed by atoms with Gasteiger partial charge in [0, 0.05) is 12.8 Å². The minimum absolute atomic E-state index is 0.138. The molecule has 1 N–H and O–H groups in total. The van der Waals surface area contributed by atoms with Gasteiger partial charge < -0.3 is 9.72 Å². The number of aromatic amines is 1. The van der Waals surface area contributed by atoms with Crippen molar-refractivity contribution in [2.75, 3.05) is 6.61 Å². The number of carbonyl (C=O) groups excluding carboxylic acids is 1. The van der Waals surface area contributed by atoms with Crippen molar-refractivity contribution in [1.29, 1.82) is 0 Å². The number of rotatable bonds is 5. The van der Waals surface area contributed by atoms with Gasteiger partial charge >= 0.3 is 5.97 Å². The van der Waals surface area contributed by atoms with Crippen molar-refractivity contribution in [3.8, 4) is 0 Å². The van der Waals surface area contributed by atoms with Crippen LogP contribution >= 0.6 is 0 Å². The number of ether oxygens (including phenoxy) is 1. The monoisotopic (exact) mass is 246 g/mol.